The molecule has 5 rings (SSSR count). The summed E-state index contributed by atoms with van der Waals surface area (Å²) < 4.78 is 24.3. The molecular formula is C30H22BrNO5. The van der Waals surface area contributed by atoms with Gasteiger partial charge >= 0.3 is 0 Å². The monoisotopic (exact) mass is 555 g/mol. The zero-order valence-electron chi connectivity index (χ0n) is 19.8. The van der Waals surface area contributed by atoms with Crippen LogP contribution in [0.15, 0.2) is 83.3 Å². The number of halogens is 1. The molecule has 0 aromatic heterocycles. The summed E-state index contributed by atoms with van der Waals surface area (Å²) in [6.07, 6.45) is 0.748. The third kappa shape index (κ3) is 5.60. The second kappa shape index (κ2) is 11.2. The van der Waals surface area contributed by atoms with Gasteiger partial charge in [0.05, 0.1) is 17.2 Å². The lowest BCUT2D eigenvalue weighted by molar-refractivity contribution is 0.111. The number of nitrogens with zero attached hydrogens (tertiary/aromatic N) is 1. The van der Waals surface area contributed by atoms with Crippen LogP contribution in [0.2, 0.25) is 0 Å². The summed E-state index contributed by atoms with van der Waals surface area (Å²) in [6.45, 7) is 1.62. The predicted octanol–water partition coefficient (Wildman–Crippen LogP) is 6.73. The lowest BCUT2D eigenvalue weighted by Gasteiger charge is -2.19. The maximum absolute atomic E-state index is 11.5. The van der Waals surface area contributed by atoms with Gasteiger partial charge in [-0.05, 0) is 69.0 Å². The van der Waals surface area contributed by atoms with Gasteiger partial charge < -0.3 is 18.9 Å². The number of hydrogen-bond donors (Lipinski definition) is 0. The summed E-state index contributed by atoms with van der Waals surface area (Å²) in [5.74, 6) is 2.47. The molecule has 1 heterocycles. The van der Waals surface area contributed by atoms with Crippen LogP contribution in [0, 0.1) is 11.3 Å². The fourth-order valence-corrected chi connectivity index (χ4v) is 4.61. The van der Waals surface area contributed by atoms with Crippen LogP contribution < -0.4 is 18.9 Å². The quantitative estimate of drug-likeness (QED) is 0.224. The van der Waals surface area contributed by atoms with E-state index in [1.54, 1.807) is 36.4 Å². The Bertz CT molecular complexity index is 1490. The highest BCUT2D eigenvalue weighted by Crippen LogP contribution is 2.38. The number of rotatable bonds is 8. The Kier molecular flexibility index (Phi) is 7.38. The summed E-state index contributed by atoms with van der Waals surface area (Å²) in [6, 6.07) is 26.3. The number of ether oxygens (including phenoxy) is 4. The summed E-state index contributed by atoms with van der Waals surface area (Å²) in [7, 11) is 0. The minimum atomic E-state index is 0.225. The van der Waals surface area contributed by atoms with Crippen molar-refractivity contribution in [2.45, 2.75) is 13.2 Å². The molecule has 0 saturated heterocycles. The van der Waals surface area contributed by atoms with Crippen LogP contribution >= 0.6 is 15.9 Å². The highest BCUT2D eigenvalue weighted by molar-refractivity contribution is 9.10. The number of carbonyl (C=O) groups excluding carboxylic acids is 1. The van der Waals surface area contributed by atoms with Gasteiger partial charge in [-0.3, -0.25) is 4.79 Å². The van der Waals surface area contributed by atoms with Gasteiger partial charge in [0, 0.05) is 16.1 Å². The summed E-state index contributed by atoms with van der Waals surface area (Å²) in [4.78, 5) is 11.5. The Morgan fingerprint density at radius 3 is 2.57 bits per heavy atom. The minimum absolute atomic E-state index is 0.225. The van der Waals surface area contributed by atoms with E-state index in [-0.39, 0.29) is 6.61 Å². The fourth-order valence-electron chi connectivity index (χ4n) is 4.00. The van der Waals surface area contributed by atoms with Crippen LogP contribution in [0.1, 0.15) is 27.0 Å². The van der Waals surface area contributed by atoms with Gasteiger partial charge in [-0.2, -0.15) is 5.26 Å². The van der Waals surface area contributed by atoms with Gasteiger partial charge in [0.2, 0.25) is 0 Å². The van der Waals surface area contributed by atoms with Crippen molar-refractivity contribution in [1.82, 2.24) is 0 Å². The van der Waals surface area contributed by atoms with Crippen molar-refractivity contribution in [2.75, 3.05) is 13.2 Å². The zero-order valence-corrected chi connectivity index (χ0v) is 21.4. The zero-order chi connectivity index (χ0) is 25.6. The molecular weight excluding hydrogens is 534 g/mol. The minimum Gasteiger partial charge on any atom is -0.489 e. The van der Waals surface area contributed by atoms with Crippen LogP contribution in [0.5, 0.6) is 23.0 Å². The smallest absolute Gasteiger partial charge is 0.161 e. The van der Waals surface area contributed by atoms with Crippen LogP contribution in [-0.2, 0) is 13.2 Å². The number of carbonyl (C=O) groups is 1. The Morgan fingerprint density at radius 1 is 0.892 bits per heavy atom. The van der Waals surface area contributed by atoms with Crippen molar-refractivity contribution in [3.8, 4) is 40.2 Å². The van der Waals surface area contributed by atoms with E-state index in [1.165, 1.54) is 0 Å². The van der Waals surface area contributed by atoms with Crippen LogP contribution in [-0.4, -0.2) is 19.5 Å². The predicted molar refractivity (Wildman–Crippen MR) is 142 cm³/mol. The molecule has 0 fully saturated rings. The van der Waals surface area contributed by atoms with Crippen molar-refractivity contribution in [1.29, 1.82) is 5.26 Å². The average Bonchev–Trinajstić information content (AvgIpc) is 2.95. The molecule has 0 amide bonds. The first-order valence-electron chi connectivity index (χ1n) is 11.7. The lowest BCUT2D eigenvalue weighted by atomic mass is 10.0. The van der Waals surface area contributed by atoms with Crippen molar-refractivity contribution in [3.63, 3.8) is 0 Å². The molecule has 184 valence electrons. The van der Waals surface area contributed by atoms with E-state index in [9.17, 15) is 4.79 Å². The first-order chi connectivity index (χ1) is 18.1. The van der Waals surface area contributed by atoms with Crippen molar-refractivity contribution in [2.24, 2.45) is 0 Å². The maximum atomic E-state index is 11.5. The second-order valence-electron chi connectivity index (χ2n) is 8.34. The molecule has 7 heteroatoms. The molecule has 0 atom stereocenters. The van der Waals surface area contributed by atoms with Crippen LogP contribution in [0.3, 0.4) is 0 Å². The van der Waals surface area contributed by atoms with Crippen molar-refractivity contribution < 1.29 is 23.7 Å². The van der Waals surface area contributed by atoms with E-state index in [2.05, 4.69) is 22.0 Å². The third-order valence-corrected chi connectivity index (χ3v) is 6.83. The molecule has 1 aliphatic rings. The first kappa shape index (κ1) is 24.4. The molecule has 37 heavy (non-hydrogen) atoms. The number of hydrogen-bond acceptors (Lipinski definition) is 6. The van der Waals surface area contributed by atoms with Gasteiger partial charge in [-0.15, -0.1) is 0 Å². The van der Waals surface area contributed by atoms with E-state index < -0.39 is 0 Å². The van der Waals surface area contributed by atoms with Gasteiger partial charge in [0.15, 0.2) is 17.8 Å². The Hall–Kier alpha value is -4.28. The van der Waals surface area contributed by atoms with E-state index in [0.717, 1.165) is 44.5 Å². The van der Waals surface area contributed by atoms with Crippen LogP contribution in [0.25, 0.3) is 11.1 Å². The molecule has 0 radical (unpaired) electrons. The molecule has 0 unspecified atom stereocenters. The Labute approximate surface area is 223 Å². The molecule has 0 bridgehead atoms. The lowest BCUT2D eigenvalue weighted by Crippen LogP contribution is -2.15. The topological polar surface area (TPSA) is 77.8 Å². The number of benzene rings is 4. The Balaban J connectivity index is 1.31. The molecule has 0 aliphatic carbocycles. The van der Waals surface area contributed by atoms with Gasteiger partial charge in [-0.25, -0.2) is 0 Å². The SMILES string of the molecule is N#Cc1cccc(COc2cc(OCc3cccc(-c4ccc5c(c4)OCCO5)c3Br)ccc2C=O)c1. The largest absolute Gasteiger partial charge is 0.489 e. The normalized spacial score (nSPS) is 11.9. The van der Waals surface area contributed by atoms with Crippen LogP contribution in [0.4, 0.5) is 0 Å². The summed E-state index contributed by atoms with van der Waals surface area (Å²) in [5.41, 5.74) is 4.79. The number of fused-ring (bicyclic) bond motifs is 1. The van der Waals surface area contributed by atoms with Crippen molar-refractivity contribution >= 4 is 22.2 Å². The number of nitriles is 1. The highest BCUT2D eigenvalue weighted by Gasteiger charge is 2.15. The first-order valence-corrected chi connectivity index (χ1v) is 12.4. The average molecular weight is 556 g/mol. The van der Waals surface area contributed by atoms with Gasteiger partial charge in [0.1, 0.15) is 37.9 Å². The fraction of sp³-hybridized carbons (Fsp3) is 0.133. The molecule has 4 aromatic rings. The van der Waals surface area contributed by atoms with Crippen molar-refractivity contribution in [3.05, 3.63) is 106 Å². The second-order valence-corrected chi connectivity index (χ2v) is 9.14. The van der Waals surface area contributed by atoms with E-state index in [4.69, 9.17) is 24.2 Å². The molecule has 0 spiro atoms. The third-order valence-electron chi connectivity index (χ3n) is 5.89. The van der Waals surface area contributed by atoms with E-state index in [0.29, 0.717) is 42.4 Å². The van der Waals surface area contributed by atoms with E-state index >= 15 is 0 Å². The standard InChI is InChI=1S/C30H22BrNO5/c31-30-24(5-2-6-26(30)22-8-10-27-29(14-22)35-12-11-34-27)19-36-25-9-7-23(17-33)28(15-25)37-18-21-4-1-3-20(13-21)16-32/h1-10,13-15,17H,11-12,18-19H2. The summed E-state index contributed by atoms with van der Waals surface area (Å²) >= 11 is 3.74. The molecule has 0 N–H and O–H groups in total. The van der Waals surface area contributed by atoms with E-state index in [1.807, 2.05) is 42.5 Å². The molecule has 6 nitrogen and oxygen atoms in total. The highest BCUT2D eigenvalue weighted by atomic mass is 79.9. The van der Waals surface area contributed by atoms with Gasteiger partial charge in [-0.1, -0.05) is 36.4 Å². The maximum Gasteiger partial charge on any atom is 0.161 e. The summed E-state index contributed by atoms with van der Waals surface area (Å²) in [5, 5.41) is 9.10. The molecule has 1 aliphatic heterocycles. The molecule has 4 aromatic carbocycles. The molecule has 0 saturated carbocycles. The Morgan fingerprint density at radius 2 is 1.73 bits per heavy atom. The van der Waals surface area contributed by atoms with Gasteiger partial charge in [0.25, 0.3) is 0 Å². The number of aldehydes is 1.